The van der Waals surface area contributed by atoms with Crippen molar-refractivity contribution in [1.29, 1.82) is 0 Å². The molecule has 0 atom stereocenters. The van der Waals surface area contributed by atoms with Crippen molar-refractivity contribution < 1.29 is 13.6 Å². The summed E-state index contributed by atoms with van der Waals surface area (Å²) >= 11 is 4.46. The molecule has 3 rings (SSSR count). The summed E-state index contributed by atoms with van der Waals surface area (Å²) in [5, 5.41) is 0.362. The molecule has 1 aromatic heterocycles. The van der Waals surface area contributed by atoms with Crippen molar-refractivity contribution in [3.63, 3.8) is 0 Å². The Morgan fingerprint density at radius 1 is 1.15 bits per heavy atom. The fraction of sp³-hybridized carbons (Fsp3) is 0.263. The van der Waals surface area contributed by atoms with Crippen molar-refractivity contribution in [2.24, 2.45) is 0 Å². The number of carbonyl (C=O) groups excluding carboxylic acids is 1. The van der Waals surface area contributed by atoms with Crippen LogP contribution >= 0.6 is 27.3 Å². The topological polar surface area (TPSA) is 36.4 Å². The van der Waals surface area contributed by atoms with Gasteiger partial charge in [-0.3, -0.25) is 9.69 Å². The van der Waals surface area contributed by atoms with Crippen LogP contribution in [0, 0.1) is 11.6 Å². The van der Waals surface area contributed by atoms with E-state index >= 15 is 0 Å². The molecule has 3 aromatic rings. The Hall–Kier alpha value is -1.90. The second-order valence-corrected chi connectivity index (χ2v) is 8.28. The van der Waals surface area contributed by atoms with Gasteiger partial charge in [0.15, 0.2) is 10.9 Å². The third-order valence-corrected chi connectivity index (χ3v) is 5.51. The number of fused-ring (bicyclic) bond motifs is 1. The molecule has 4 nitrogen and oxygen atoms in total. The summed E-state index contributed by atoms with van der Waals surface area (Å²) in [6.45, 7) is 1.22. The summed E-state index contributed by atoms with van der Waals surface area (Å²) in [4.78, 5) is 20.9. The van der Waals surface area contributed by atoms with Crippen LogP contribution < -0.4 is 4.90 Å². The number of aromatic nitrogens is 1. The largest absolute Gasteiger partial charge is 0.309 e. The normalized spacial score (nSPS) is 11.3. The number of halogens is 3. The molecular weight excluding hydrogens is 436 g/mol. The third kappa shape index (κ3) is 4.69. The van der Waals surface area contributed by atoms with E-state index in [1.54, 1.807) is 24.3 Å². The number of anilines is 1. The number of hydrogen-bond donors (Lipinski definition) is 0. The minimum atomic E-state index is -0.725. The van der Waals surface area contributed by atoms with E-state index in [1.807, 2.05) is 19.0 Å². The van der Waals surface area contributed by atoms with Crippen LogP contribution in [0.2, 0.25) is 0 Å². The van der Waals surface area contributed by atoms with E-state index in [4.69, 9.17) is 0 Å². The van der Waals surface area contributed by atoms with E-state index in [1.165, 1.54) is 11.0 Å². The van der Waals surface area contributed by atoms with Crippen molar-refractivity contribution in [2.75, 3.05) is 32.1 Å². The fourth-order valence-corrected chi connectivity index (χ4v) is 3.93. The number of thiazole rings is 1. The second kappa shape index (κ2) is 8.41. The van der Waals surface area contributed by atoms with Gasteiger partial charge in [0.1, 0.15) is 11.3 Å². The van der Waals surface area contributed by atoms with E-state index in [2.05, 4.69) is 20.9 Å². The molecule has 0 saturated heterocycles. The summed E-state index contributed by atoms with van der Waals surface area (Å²) in [5.74, 6) is -1.60. The first-order valence-corrected chi connectivity index (χ1v) is 9.94. The average Bonchev–Trinajstić information content (AvgIpc) is 3.02. The van der Waals surface area contributed by atoms with Gasteiger partial charge in [0, 0.05) is 22.6 Å². The number of carbonyl (C=O) groups is 1. The van der Waals surface area contributed by atoms with Crippen LogP contribution in [-0.2, 0) is 0 Å². The predicted molar refractivity (Wildman–Crippen MR) is 109 cm³/mol. The number of amides is 1. The Balaban J connectivity index is 1.97. The lowest BCUT2D eigenvalue weighted by Gasteiger charge is -2.21. The van der Waals surface area contributed by atoms with E-state index < -0.39 is 11.6 Å². The smallest absolute Gasteiger partial charge is 0.260 e. The van der Waals surface area contributed by atoms with Gasteiger partial charge in [-0.15, -0.1) is 0 Å². The van der Waals surface area contributed by atoms with Gasteiger partial charge in [-0.05, 0) is 57.4 Å². The standard InChI is InChI=1S/C19H18BrF2N3OS/c1-24(2)8-3-9-25(18(26)12-4-6-13(20)7-5-12)19-23-17-15(22)10-14(21)11-16(17)27-19/h4-7,10-11H,3,8-9H2,1-2H3. The third-order valence-electron chi connectivity index (χ3n) is 3.96. The second-order valence-electron chi connectivity index (χ2n) is 6.35. The molecular formula is C19H18BrF2N3OS. The highest BCUT2D eigenvalue weighted by molar-refractivity contribution is 9.10. The Kier molecular flexibility index (Phi) is 6.18. The predicted octanol–water partition coefficient (Wildman–Crippen LogP) is 4.94. The number of rotatable bonds is 6. The van der Waals surface area contributed by atoms with Crippen molar-refractivity contribution in [3.05, 3.63) is 58.1 Å². The first kappa shape index (κ1) is 19.9. The van der Waals surface area contributed by atoms with E-state index in [0.29, 0.717) is 21.9 Å². The first-order chi connectivity index (χ1) is 12.8. The quantitative estimate of drug-likeness (QED) is 0.530. The van der Waals surface area contributed by atoms with E-state index in [9.17, 15) is 13.6 Å². The Bertz CT molecular complexity index is 959. The summed E-state index contributed by atoms with van der Waals surface area (Å²) in [6, 6.07) is 9.07. The molecule has 142 valence electrons. The zero-order chi connectivity index (χ0) is 19.6. The minimum absolute atomic E-state index is 0.0811. The van der Waals surface area contributed by atoms with Gasteiger partial charge in [-0.1, -0.05) is 27.3 Å². The van der Waals surface area contributed by atoms with Gasteiger partial charge >= 0.3 is 0 Å². The van der Waals surface area contributed by atoms with E-state index in [0.717, 1.165) is 34.8 Å². The molecule has 0 aliphatic carbocycles. The zero-order valence-corrected chi connectivity index (χ0v) is 17.3. The van der Waals surface area contributed by atoms with Gasteiger partial charge in [-0.25, -0.2) is 13.8 Å². The summed E-state index contributed by atoms with van der Waals surface area (Å²) in [6.07, 6.45) is 0.724. The molecule has 0 unspecified atom stereocenters. The average molecular weight is 454 g/mol. The van der Waals surface area contributed by atoms with Gasteiger partial charge in [-0.2, -0.15) is 0 Å². The molecule has 0 N–H and O–H groups in total. The molecule has 27 heavy (non-hydrogen) atoms. The Morgan fingerprint density at radius 3 is 2.52 bits per heavy atom. The molecule has 0 aliphatic rings. The lowest BCUT2D eigenvalue weighted by atomic mass is 10.2. The van der Waals surface area contributed by atoms with Gasteiger partial charge in [0.25, 0.3) is 5.91 Å². The lowest BCUT2D eigenvalue weighted by molar-refractivity contribution is 0.0986. The molecule has 0 saturated carbocycles. The highest BCUT2D eigenvalue weighted by atomic mass is 79.9. The van der Waals surface area contributed by atoms with E-state index in [-0.39, 0.29) is 11.4 Å². The Morgan fingerprint density at radius 2 is 1.85 bits per heavy atom. The van der Waals surface area contributed by atoms with Crippen molar-refractivity contribution in [2.45, 2.75) is 6.42 Å². The van der Waals surface area contributed by atoms with Crippen LogP contribution in [0.1, 0.15) is 16.8 Å². The Labute approximate surface area is 168 Å². The highest BCUT2D eigenvalue weighted by Crippen LogP contribution is 2.32. The van der Waals surface area contributed by atoms with Crippen LogP contribution in [0.5, 0.6) is 0 Å². The maximum absolute atomic E-state index is 14.0. The number of hydrogen-bond acceptors (Lipinski definition) is 4. The number of nitrogens with zero attached hydrogens (tertiary/aromatic N) is 3. The lowest BCUT2D eigenvalue weighted by Crippen LogP contribution is -2.33. The maximum Gasteiger partial charge on any atom is 0.260 e. The maximum atomic E-state index is 14.0. The fourth-order valence-electron chi connectivity index (χ4n) is 2.64. The molecule has 2 aromatic carbocycles. The molecule has 0 aliphatic heterocycles. The molecule has 0 spiro atoms. The summed E-state index contributed by atoms with van der Waals surface area (Å²) in [5.41, 5.74) is 0.589. The van der Waals surface area contributed by atoms with Crippen molar-refractivity contribution in [1.82, 2.24) is 9.88 Å². The SMILES string of the molecule is CN(C)CCCN(C(=O)c1ccc(Br)cc1)c1nc2c(F)cc(F)cc2s1. The first-order valence-electron chi connectivity index (χ1n) is 8.33. The van der Waals surface area contributed by atoms with Crippen LogP contribution in [0.4, 0.5) is 13.9 Å². The molecule has 0 fully saturated rings. The van der Waals surface area contributed by atoms with Crippen LogP contribution in [0.15, 0.2) is 40.9 Å². The monoisotopic (exact) mass is 453 g/mol. The summed E-state index contributed by atoms with van der Waals surface area (Å²) < 4.78 is 28.8. The van der Waals surface area contributed by atoms with Crippen LogP contribution in [0.25, 0.3) is 10.2 Å². The van der Waals surface area contributed by atoms with Crippen molar-refractivity contribution in [3.8, 4) is 0 Å². The molecule has 1 amide bonds. The van der Waals surface area contributed by atoms with Crippen LogP contribution in [0.3, 0.4) is 0 Å². The summed E-state index contributed by atoms with van der Waals surface area (Å²) in [7, 11) is 3.91. The molecule has 1 heterocycles. The van der Waals surface area contributed by atoms with Crippen LogP contribution in [-0.4, -0.2) is 43.0 Å². The highest BCUT2D eigenvalue weighted by Gasteiger charge is 2.22. The van der Waals surface area contributed by atoms with Gasteiger partial charge in [0.05, 0.1) is 4.70 Å². The van der Waals surface area contributed by atoms with Gasteiger partial charge < -0.3 is 4.90 Å². The number of benzene rings is 2. The molecule has 0 radical (unpaired) electrons. The minimum Gasteiger partial charge on any atom is -0.309 e. The zero-order valence-electron chi connectivity index (χ0n) is 14.9. The van der Waals surface area contributed by atoms with Crippen molar-refractivity contribution >= 4 is 48.5 Å². The molecule has 0 bridgehead atoms. The van der Waals surface area contributed by atoms with Gasteiger partial charge in [0.2, 0.25) is 0 Å². The molecule has 8 heteroatoms.